The van der Waals surface area contributed by atoms with Crippen LogP contribution < -0.4 is 10.5 Å². The van der Waals surface area contributed by atoms with Gasteiger partial charge in [0.25, 0.3) is 5.91 Å². The summed E-state index contributed by atoms with van der Waals surface area (Å²) < 4.78 is 32.1. The Morgan fingerprint density at radius 2 is 1.86 bits per heavy atom. The molecule has 0 spiro atoms. The van der Waals surface area contributed by atoms with Gasteiger partial charge >= 0.3 is 0 Å². The molecule has 0 aliphatic carbocycles. The number of nitrogens with zero attached hydrogens (tertiary/aromatic N) is 1. The van der Waals surface area contributed by atoms with Crippen LogP contribution in [0.3, 0.4) is 0 Å². The molecule has 1 heterocycles. The molecule has 0 saturated carbocycles. The van der Waals surface area contributed by atoms with E-state index < -0.39 is 15.9 Å². The van der Waals surface area contributed by atoms with Crippen molar-refractivity contribution in [2.24, 2.45) is 17.6 Å². The predicted molar refractivity (Wildman–Crippen MR) is 83.2 cm³/mol. The maximum absolute atomic E-state index is 12.8. The first-order chi connectivity index (χ1) is 10.3. The van der Waals surface area contributed by atoms with E-state index in [1.54, 1.807) is 0 Å². The summed E-state index contributed by atoms with van der Waals surface area (Å²) in [5.74, 6) is 0.181. The van der Waals surface area contributed by atoms with Crippen LogP contribution in [-0.2, 0) is 10.0 Å². The van der Waals surface area contributed by atoms with Gasteiger partial charge in [-0.1, -0.05) is 13.8 Å². The smallest absolute Gasteiger partial charge is 0.252 e. The van der Waals surface area contributed by atoms with Crippen LogP contribution in [-0.4, -0.2) is 38.8 Å². The van der Waals surface area contributed by atoms with E-state index >= 15 is 0 Å². The molecule has 1 aliphatic rings. The molecule has 1 aliphatic heterocycles. The van der Waals surface area contributed by atoms with Gasteiger partial charge in [-0.15, -0.1) is 0 Å². The highest BCUT2D eigenvalue weighted by Crippen LogP contribution is 2.29. The third kappa shape index (κ3) is 3.25. The average Bonchev–Trinajstić information content (AvgIpc) is 2.45. The van der Waals surface area contributed by atoms with Gasteiger partial charge in [0.05, 0.1) is 17.6 Å². The zero-order chi connectivity index (χ0) is 16.5. The summed E-state index contributed by atoms with van der Waals surface area (Å²) in [5, 5.41) is 0. The van der Waals surface area contributed by atoms with E-state index in [1.807, 2.05) is 13.8 Å². The number of primary amides is 1. The SMILES string of the molecule is COc1ccc(S(=O)(=O)N2C[C@@H](C)C[C@H](C)C2)cc1C(N)=O. The molecule has 0 bridgehead atoms. The molecule has 1 aromatic carbocycles. The van der Waals surface area contributed by atoms with E-state index in [9.17, 15) is 13.2 Å². The molecular weight excluding hydrogens is 304 g/mol. The number of methoxy groups -OCH3 is 1. The molecule has 2 N–H and O–H groups in total. The van der Waals surface area contributed by atoms with E-state index in [1.165, 1.54) is 29.6 Å². The second-order valence-electron chi connectivity index (χ2n) is 5.99. The molecule has 0 unspecified atom stereocenters. The Morgan fingerprint density at radius 1 is 1.27 bits per heavy atom. The summed E-state index contributed by atoms with van der Waals surface area (Å²) in [7, 11) is -2.23. The van der Waals surface area contributed by atoms with Crippen LogP contribution in [0.25, 0.3) is 0 Å². The molecule has 7 heteroatoms. The maximum Gasteiger partial charge on any atom is 0.252 e. The zero-order valence-electron chi connectivity index (χ0n) is 13.1. The molecule has 2 atom stereocenters. The number of nitrogens with two attached hydrogens (primary N) is 1. The molecule has 1 fully saturated rings. The van der Waals surface area contributed by atoms with Gasteiger partial charge < -0.3 is 10.5 Å². The Morgan fingerprint density at radius 3 is 2.36 bits per heavy atom. The Kier molecular flexibility index (Phi) is 4.77. The van der Waals surface area contributed by atoms with Gasteiger partial charge in [0.15, 0.2) is 0 Å². The standard InChI is InChI=1S/C15H22N2O4S/c1-10-6-11(2)9-17(8-10)22(19,20)12-4-5-14(21-3)13(7-12)15(16)18/h4-5,7,10-11H,6,8-9H2,1-3H3,(H2,16,18)/t10-,11-/m0/s1. The third-order valence-corrected chi connectivity index (χ3v) is 5.74. The molecule has 0 aromatic heterocycles. The number of amides is 1. The van der Waals surface area contributed by atoms with Gasteiger partial charge in [0.2, 0.25) is 10.0 Å². The molecule has 22 heavy (non-hydrogen) atoms. The van der Waals surface area contributed by atoms with E-state index in [2.05, 4.69) is 0 Å². The Balaban J connectivity index is 2.41. The van der Waals surface area contributed by atoms with Crippen molar-refractivity contribution in [3.05, 3.63) is 23.8 Å². The number of carbonyl (C=O) groups is 1. The summed E-state index contributed by atoms with van der Waals surface area (Å²) >= 11 is 0. The quantitative estimate of drug-likeness (QED) is 0.907. The predicted octanol–water partition coefficient (Wildman–Crippen LogP) is 1.46. The highest BCUT2D eigenvalue weighted by atomic mass is 32.2. The van der Waals surface area contributed by atoms with Crippen molar-refractivity contribution in [1.29, 1.82) is 0 Å². The fourth-order valence-corrected chi connectivity index (χ4v) is 4.70. The Labute approximate surface area is 131 Å². The summed E-state index contributed by atoms with van der Waals surface area (Å²) in [6, 6.07) is 4.20. The average molecular weight is 326 g/mol. The number of piperidine rings is 1. The van der Waals surface area contributed by atoms with Crippen LogP contribution in [0.15, 0.2) is 23.1 Å². The maximum atomic E-state index is 12.8. The second kappa shape index (κ2) is 6.26. The number of sulfonamides is 1. The van der Waals surface area contributed by atoms with Crippen LogP contribution in [0.5, 0.6) is 5.75 Å². The first-order valence-electron chi connectivity index (χ1n) is 7.23. The van der Waals surface area contributed by atoms with Crippen LogP contribution in [0.4, 0.5) is 0 Å². The van der Waals surface area contributed by atoms with Crippen LogP contribution in [0.2, 0.25) is 0 Å². The molecule has 2 rings (SSSR count). The number of rotatable bonds is 4. The van der Waals surface area contributed by atoms with Crippen LogP contribution >= 0.6 is 0 Å². The minimum atomic E-state index is -3.64. The molecule has 122 valence electrons. The number of hydrogen-bond donors (Lipinski definition) is 1. The molecule has 6 nitrogen and oxygen atoms in total. The van der Waals surface area contributed by atoms with E-state index in [0.717, 1.165) is 6.42 Å². The van der Waals surface area contributed by atoms with Gasteiger partial charge in [0, 0.05) is 13.1 Å². The van der Waals surface area contributed by atoms with Crippen molar-refractivity contribution >= 4 is 15.9 Å². The van der Waals surface area contributed by atoms with Crippen molar-refractivity contribution in [3.8, 4) is 5.75 Å². The normalized spacial score (nSPS) is 23.2. The highest BCUT2D eigenvalue weighted by molar-refractivity contribution is 7.89. The van der Waals surface area contributed by atoms with Crippen LogP contribution in [0.1, 0.15) is 30.6 Å². The third-order valence-electron chi connectivity index (χ3n) is 3.91. The number of ether oxygens (including phenoxy) is 1. The summed E-state index contributed by atoms with van der Waals surface area (Å²) in [4.78, 5) is 11.5. The van der Waals surface area contributed by atoms with Crippen LogP contribution in [0, 0.1) is 11.8 Å². The fourth-order valence-electron chi connectivity index (χ4n) is 2.99. The summed E-state index contributed by atoms with van der Waals surface area (Å²) in [6.07, 6.45) is 1.02. The first kappa shape index (κ1) is 16.8. The summed E-state index contributed by atoms with van der Waals surface area (Å²) in [6.45, 7) is 5.07. The lowest BCUT2D eigenvalue weighted by Gasteiger charge is -2.34. The van der Waals surface area contributed by atoms with E-state index in [-0.39, 0.29) is 16.2 Å². The number of carbonyl (C=O) groups excluding carboxylic acids is 1. The van der Waals surface area contributed by atoms with Crippen molar-refractivity contribution < 1.29 is 17.9 Å². The Bertz CT molecular complexity index is 662. The molecular formula is C15H22N2O4S. The minimum absolute atomic E-state index is 0.0710. The van der Waals surface area contributed by atoms with Crippen molar-refractivity contribution in [1.82, 2.24) is 4.31 Å². The van der Waals surface area contributed by atoms with Gasteiger partial charge in [-0.25, -0.2) is 8.42 Å². The van der Waals surface area contributed by atoms with E-state index in [0.29, 0.717) is 24.9 Å². The lowest BCUT2D eigenvalue weighted by Crippen LogP contribution is -2.42. The molecule has 1 amide bonds. The molecule has 1 aromatic rings. The monoisotopic (exact) mass is 326 g/mol. The lowest BCUT2D eigenvalue weighted by atomic mass is 9.94. The fraction of sp³-hybridized carbons (Fsp3) is 0.533. The highest BCUT2D eigenvalue weighted by Gasteiger charge is 2.32. The second-order valence-corrected chi connectivity index (χ2v) is 7.93. The Hall–Kier alpha value is -1.60. The largest absolute Gasteiger partial charge is 0.496 e. The van der Waals surface area contributed by atoms with E-state index in [4.69, 9.17) is 10.5 Å². The topological polar surface area (TPSA) is 89.7 Å². The first-order valence-corrected chi connectivity index (χ1v) is 8.67. The van der Waals surface area contributed by atoms with Gasteiger partial charge in [0.1, 0.15) is 5.75 Å². The zero-order valence-corrected chi connectivity index (χ0v) is 13.9. The molecule has 0 radical (unpaired) electrons. The summed E-state index contributed by atoms with van der Waals surface area (Å²) in [5.41, 5.74) is 5.37. The van der Waals surface area contributed by atoms with Gasteiger partial charge in [-0.2, -0.15) is 4.31 Å². The van der Waals surface area contributed by atoms with Gasteiger partial charge in [-0.05, 0) is 36.5 Å². The van der Waals surface area contributed by atoms with Gasteiger partial charge in [-0.3, -0.25) is 4.79 Å². The lowest BCUT2D eigenvalue weighted by molar-refractivity contribution is 0.0997. The number of hydrogen-bond acceptors (Lipinski definition) is 4. The van der Waals surface area contributed by atoms with Crippen molar-refractivity contribution in [2.75, 3.05) is 20.2 Å². The van der Waals surface area contributed by atoms with Crippen molar-refractivity contribution in [2.45, 2.75) is 25.2 Å². The minimum Gasteiger partial charge on any atom is -0.496 e. The number of benzene rings is 1. The molecule has 1 saturated heterocycles. The van der Waals surface area contributed by atoms with Crippen molar-refractivity contribution in [3.63, 3.8) is 0 Å².